The average molecular weight is 263 g/mol. The average Bonchev–Trinajstić information content (AvgIpc) is 2.91. The molecule has 1 saturated carbocycles. The van der Waals surface area contributed by atoms with E-state index < -0.39 is 0 Å². The number of ether oxygens (including phenoxy) is 1. The van der Waals surface area contributed by atoms with Gasteiger partial charge in [0.2, 0.25) is 5.91 Å². The van der Waals surface area contributed by atoms with Crippen LogP contribution in [0.3, 0.4) is 0 Å². The number of carbonyl (C=O) groups excluding carboxylic acids is 1. The standard InChI is InChI=1S/C15H21NO3/c17-10-9-16-15(18)11-12-5-7-14(8-6-12)19-13-3-1-2-4-13/h5-8,13,17H,1-4,9-11H2,(H,16,18). The molecule has 1 fully saturated rings. The smallest absolute Gasteiger partial charge is 0.224 e. The van der Waals surface area contributed by atoms with Crippen molar-refractivity contribution in [2.24, 2.45) is 0 Å². The lowest BCUT2D eigenvalue weighted by Gasteiger charge is -2.13. The first kappa shape index (κ1) is 13.9. The number of hydrogen-bond acceptors (Lipinski definition) is 3. The Bertz CT molecular complexity index is 396. The third kappa shape index (κ3) is 4.56. The van der Waals surface area contributed by atoms with Gasteiger partial charge in [-0.2, -0.15) is 0 Å². The highest BCUT2D eigenvalue weighted by molar-refractivity contribution is 5.78. The molecule has 2 rings (SSSR count). The van der Waals surface area contributed by atoms with Gasteiger partial charge in [0.25, 0.3) is 0 Å². The zero-order valence-electron chi connectivity index (χ0n) is 11.1. The first-order chi connectivity index (χ1) is 9.28. The van der Waals surface area contributed by atoms with Gasteiger partial charge >= 0.3 is 0 Å². The summed E-state index contributed by atoms with van der Waals surface area (Å²) in [6.07, 6.45) is 5.50. The van der Waals surface area contributed by atoms with E-state index >= 15 is 0 Å². The highest BCUT2D eigenvalue weighted by Crippen LogP contribution is 2.24. The van der Waals surface area contributed by atoms with Crippen molar-refractivity contribution in [1.29, 1.82) is 0 Å². The molecule has 0 aromatic heterocycles. The van der Waals surface area contributed by atoms with Crippen LogP contribution in [0.15, 0.2) is 24.3 Å². The summed E-state index contributed by atoms with van der Waals surface area (Å²) in [5, 5.41) is 11.3. The Morgan fingerprint density at radius 2 is 1.95 bits per heavy atom. The van der Waals surface area contributed by atoms with Crippen molar-refractivity contribution in [3.63, 3.8) is 0 Å². The van der Waals surface area contributed by atoms with Gasteiger partial charge in [-0.25, -0.2) is 0 Å². The van der Waals surface area contributed by atoms with Crippen LogP contribution in [0.25, 0.3) is 0 Å². The van der Waals surface area contributed by atoms with Crippen molar-refractivity contribution >= 4 is 5.91 Å². The lowest BCUT2D eigenvalue weighted by molar-refractivity contribution is -0.120. The molecule has 0 heterocycles. The summed E-state index contributed by atoms with van der Waals surface area (Å²) in [4.78, 5) is 11.5. The lowest BCUT2D eigenvalue weighted by Crippen LogP contribution is -2.27. The second-order valence-electron chi connectivity index (χ2n) is 4.92. The Kier molecular flexibility index (Phi) is 5.21. The molecule has 1 aromatic rings. The summed E-state index contributed by atoms with van der Waals surface area (Å²) in [5.41, 5.74) is 0.953. The zero-order valence-corrected chi connectivity index (χ0v) is 11.1. The van der Waals surface area contributed by atoms with Crippen LogP contribution in [-0.2, 0) is 11.2 Å². The number of carbonyl (C=O) groups is 1. The SMILES string of the molecule is O=C(Cc1ccc(OC2CCCC2)cc1)NCCO. The molecule has 104 valence electrons. The molecule has 4 nitrogen and oxygen atoms in total. The number of aliphatic hydroxyl groups excluding tert-OH is 1. The molecule has 1 aromatic carbocycles. The van der Waals surface area contributed by atoms with E-state index in [1.165, 1.54) is 12.8 Å². The van der Waals surface area contributed by atoms with Gasteiger partial charge in [-0.15, -0.1) is 0 Å². The van der Waals surface area contributed by atoms with Crippen molar-refractivity contribution in [1.82, 2.24) is 5.32 Å². The summed E-state index contributed by atoms with van der Waals surface area (Å²) in [6.45, 7) is 0.279. The molecule has 0 aliphatic heterocycles. The van der Waals surface area contributed by atoms with Gasteiger partial charge in [0, 0.05) is 6.54 Å². The van der Waals surface area contributed by atoms with Gasteiger partial charge in [-0.3, -0.25) is 4.79 Å². The maximum Gasteiger partial charge on any atom is 0.224 e. The lowest BCUT2D eigenvalue weighted by atomic mass is 10.1. The monoisotopic (exact) mass is 263 g/mol. The second-order valence-corrected chi connectivity index (χ2v) is 4.92. The van der Waals surface area contributed by atoms with Crippen LogP contribution >= 0.6 is 0 Å². The molecule has 0 spiro atoms. The molecular formula is C15H21NO3. The highest BCUT2D eigenvalue weighted by atomic mass is 16.5. The normalized spacial score (nSPS) is 15.4. The van der Waals surface area contributed by atoms with Crippen molar-refractivity contribution in [3.05, 3.63) is 29.8 Å². The van der Waals surface area contributed by atoms with E-state index in [1.807, 2.05) is 24.3 Å². The topological polar surface area (TPSA) is 58.6 Å². The van der Waals surface area contributed by atoms with Crippen LogP contribution in [0.2, 0.25) is 0 Å². The van der Waals surface area contributed by atoms with Crippen LogP contribution in [0.4, 0.5) is 0 Å². The first-order valence-corrected chi connectivity index (χ1v) is 6.91. The van der Waals surface area contributed by atoms with Crippen LogP contribution in [0.5, 0.6) is 5.75 Å². The number of benzene rings is 1. The fourth-order valence-electron chi connectivity index (χ4n) is 2.33. The number of nitrogens with one attached hydrogen (secondary N) is 1. The molecule has 1 amide bonds. The molecular weight excluding hydrogens is 242 g/mol. The number of aliphatic hydroxyl groups is 1. The molecule has 0 unspecified atom stereocenters. The van der Waals surface area contributed by atoms with Gasteiger partial charge in [-0.1, -0.05) is 12.1 Å². The maximum absolute atomic E-state index is 11.5. The van der Waals surface area contributed by atoms with Crippen molar-refractivity contribution < 1.29 is 14.6 Å². The largest absolute Gasteiger partial charge is 0.490 e. The highest BCUT2D eigenvalue weighted by Gasteiger charge is 2.16. The molecule has 19 heavy (non-hydrogen) atoms. The summed E-state index contributed by atoms with van der Waals surface area (Å²) in [5.74, 6) is 0.810. The Hall–Kier alpha value is -1.55. The van der Waals surface area contributed by atoms with Crippen molar-refractivity contribution in [3.8, 4) is 5.75 Å². The summed E-state index contributed by atoms with van der Waals surface area (Å²) in [7, 11) is 0. The minimum atomic E-state index is -0.0708. The van der Waals surface area contributed by atoms with E-state index in [9.17, 15) is 4.79 Å². The summed E-state index contributed by atoms with van der Waals surface area (Å²) >= 11 is 0. The number of rotatable bonds is 6. The molecule has 0 bridgehead atoms. The second kappa shape index (κ2) is 7.14. The third-order valence-electron chi connectivity index (χ3n) is 3.33. The van der Waals surface area contributed by atoms with Gasteiger partial charge in [0.05, 0.1) is 19.1 Å². The minimum Gasteiger partial charge on any atom is -0.490 e. The quantitative estimate of drug-likeness (QED) is 0.820. The fourth-order valence-corrected chi connectivity index (χ4v) is 2.33. The number of amides is 1. The van der Waals surface area contributed by atoms with Gasteiger partial charge < -0.3 is 15.2 Å². The minimum absolute atomic E-state index is 0.0279. The third-order valence-corrected chi connectivity index (χ3v) is 3.33. The van der Waals surface area contributed by atoms with E-state index in [4.69, 9.17) is 9.84 Å². The van der Waals surface area contributed by atoms with Gasteiger partial charge in [-0.05, 0) is 43.4 Å². The predicted molar refractivity (Wildman–Crippen MR) is 73.1 cm³/mol. The van der Waals surface area contributed by atoms with E-state index in [1.54, 1.807) is 0 Å². The van der Waals surface area contributed by atoms with E-state index in [0.717, 1.165) is 24.2 Å². The summed E-state index contributed by atoms with van der Waals surface area (Å²) in [6, 6.07) is 7.69. The molecule has 2 N–H and O–H groups in total. The van der Waals surface area contributed by atoms with Crippen LogP contribution in [-0.4, -0.2) is 30.3 Å². The van der Waals surface area contributed by atoms with Crippen LogP contribution in [0, 0.1) is 0 Å². The number of hydrogen-bond donors (Lipinski definition) is 2. The Morgan fingerprint density at radius 3 is 2.58 bits per heavy atom. The predicted octanol–water partition coefficient (Wildman–Crippen LogP) is 1.66. The molecule has 4 heteroatoms. The van der Waals surface area contributed by atoms with Crippen molar-refractivity contribution in [2.75, 3.05) is 13.2 Å². The van der Waals surface area contributed by atoms with E-state index in [2.05, 4.69) is 5.32 Å². The maximum atomic E-state index is 11.5. The molecule has 1 aliphatic carbocycles. The molecule has 0 saturated heterocycles. The summed E-state index contributed by atoms with van der Waals surface area (Å²) < 4.78 is 5.87. The zero-order chi connectivity index (χ0) is 13.5. The van der Waals surface area contributed by atoms with Gasteiger partial charge in [0.1, 0.15) is 5.75 Å². The molecule has 0 radical (unpaired) electrons. The fraction of sp³-hybridized carbons (Fsp3) is 0.533. The van der Waals surface area contributed by atoms with E-state index in [-0.39, 0.29) is 12.5 Å². The Labute approximate surface area is 113 Å². The Morgan fingerprint density at radius 1 is 1.26 bits per heavy atom. The molecule has 1 aliphatic rings. The van der Waals surface area contributed by atoms with Crippen LogP contribution in [0.1, 0.15) is 31.2 Å². The Balaban J connectivity index is 1.82. The first-order valence-electron chi connectivity index (χ1n) is 6.91. The van der Waals surface area contributed by atoms with E-state index in [0.29, 0.717) is 19.1 Å². The van der Waals surface area contributed by atoms with Crippen LogP contribution < -0.4 is 10.1 Å². The van der Waals surface area contributed by atoms with Gasteiger partial charge in [0.15, 0.2) is 0 Å². The molecule has 0 atom stereocenters. The van der Waals surface area contributed by atoms with Crippen molar-refractivity contribution in [2.45, 2.75) is 38.2 Å².